The van der Waals surface area contributed by atoms with E-state index in [1.807, 2.05) is 11.1 Å². The Morgan fingerprint density at radius 1 is 1.41 bits per heavy atom. The molecule has 1 saturated heterocycles. The minimum atomic E-state index is -0.0675. The summed E-state index contributed by atoms with van der Waals surface area (Å²) in [5, 5.41) is 7.59. The Kier molecular flexibility index (Phi) is 7.05. The van der Waals surface area contributed by atoms with Crippen molar-refractivity contribution in [3.05, 3.63) is 34.7 Å². The van der Waals surface area contributed by atoms with E-state index in [2.05, 4.69) is 63.6 Å². The van der Waals surface area contributed by atoms with Crippen LogP contribution in [-0.2, 0) is 14.9 Å². The number of carbonyl (C=O) groups is 1. The molecular weight excluding hydrogens is 384 g/mol. The van der Waals surface area contributed by atoms with Gasteiger partial charge in [0.05, 0.1) is 17.9 Å². The Balaban J connectivity index is 0.000000755. The lowest BCUT2D eigenvalue weighted by Gasteiger charge is -2.32. The molecule has 7 heteroatoms. The Morgan fingerprint density at radius 2 is 2.17 bits per heavy atom. The maximum absolute atomic E-state index is 13.1. The van der Waals surface area contributed by atoms with E-state index in [9.17, 15) is 4.79 Å². The van der Waals surface area contributed by atoms with Gasteiger partial charge in [0.25, 0.3) is 0 Å². The smallest absolute Gasteiger partial charge is 0.241 e. The molecule has 2 aromatic rings. The van der Waals surface area contributed by atoms with Crippen LogP contribution in [0.3, 0.4) is 0 Å². The van der Waals surface area contributed by atoms with E-state index >= 15 is 0 Å². The van der Waals surface area contributed by atoms with Crippen molar-refractivity contribution in [2.75, 3.05) is 51.8 Å². The number of anilines is 1. The van der Waals surface area contributed by atoms with Crippen LogP contribution < -0.4 is 10.2 Å². The van der Waals surface area contributed by atoms with Crippen molar-refractivity contribution in [3.8, 4) is 11.3 Å². The van der Waals surface area contributed by atoms with Crippen molar-refractivity contribution in [3.63, 3.8) is 0 Å². The topological polar surface area (TPSA) is 57.7 Å². The van der Waals surface area contributed by atoms with Crippen LogP contribution in [0.1, 0.15) is 26.3 Å². The molecule has 1 N–H and O–H groups in total. The van der Waals surface area contributed by atoms with Gasteiger partial charge in [-0.1, -0.05) is 13.8 Å². The second-order valence-corrected chi connectivity index (χ2v) is 9.24. The number of rotatable bonds is 3. The standard InChI is InChI=1S/C20H26N4OS.C2H6O/c1-14-10-23(6-5-21-14)11-19(25)24-13-20(2,3)16-9-22-17(8-18(16)24)15-4-7-26-12-15;1-3-2/h4,7-9,12,14,21H,5-6,10-11,13H2,1-3H3;1-2H3/t14-;/m1./s1. The molecular formula is C22H32N4O2S. The van der Waals surface area contributed by atoms with Crippen molar-refractivity contribution in [2.45, 2.75) is 32.2 Å². The van der Waals surface area contributed by atoms with Crippen molar-refractivity contribution in [2.24, 2.45) is 0 Å². The summed E-state index contributed by atoms with van der Waals surface area (Å²) in [6.45, 7) is 10.6. The molecule has 1 fully saturated rings. The summed E-state index contributed by atoms with van der Waals surface area (Å²) >= 11 is 1.66. The number of nitrogens with zero attached hydrogens (tertiary/aromatic N) is 3. The predicted octanol–water partition coefficient (Wildman–Crippen LogP) is 2.99. The van der Waals surface area contributed by atoms with Crippen LogP contribution in [0.4, 0.5) is 5.69 Å². The summed E-state index contributed by atoms with van der Waals surface area (Å²) in [6, 6.07) is 4.60. The first-order valence-electron chi connectivity index (χ1n) is 10.0. The van der Waals surface area contributed by atoms with Crippen molar-refractivity contribution < 1.29 is 9.53 Å². The van der Waals surface area contributed by atoms with Gasteiger partial charge in [0.15, 0.2) is 0 Å². The third-order valence-electron chi connectivity index (χ3n) is 5.39. The van der Waals surface area contributed by atoms with Gasteiger partial charge in [0.1, 0.15) is 0 Å². The number of hydrogen-bond donors (Lipinski definition) is 1. The molecule has 1 atom stereocenters. The summed E-state index contributed by atoms with van der Waals surface area (Å²) in [4.78, 5) is 22.0. The molecule has 2 aliphatic heterocycles. The lowest BCUT2D eigenvalue weighted by atomic mass is 9.88. The number of amides is 1. The third-order valence-corrected chi connectivity index (χ3v) is 6.07. The van der Waals surface area contributed by atoms with E-state index in [1.165, 1.54) is 5.56 Å². The lowest BCUT2D eigenvalue weighted by Crippen LogP contribution is -2.52. The summed E-state index contributed by atoms with van der Waals surface area (Å²) in [5.74, 6) is 0.188. The fraction of sp³-hybridized carbons (Fsp3) is 0.545. The third kappa shape index (κ3) is 5.04. The normalized spacial score (nSPS) is 20.7. The number of methoxy groups -OCH3 is 1. The SMILES string of the molecule is COC.C[C@@H]1CN(CC(=O)N2CC(C)(C)c3cnc(-c4ccsc4)cc32)CCN1. The highest BCUT2D eigenvalue weighted by Gasteiger charge is 2.39. The molecule has 2 aliphatic rings. The monoisotopic (exact) mass is 416 g/mol. The second kappa shape index (κ2) is 9.34. The number of aromatic nitrogens is 1. The van der Waals surface area contributed by atoms with Crippen LogP contribution in [-0.4, -0.2) is 68.8 Å². The molecule has 0 radical (unpaired) electrons. The number of thiophene rings is 1. The quantitative estimate of drug-likeness (QED) is 0.834. The van der Waals surface area contributed by atoms with Crippen LogP contribution in [0.5, 0.6) is 0 Å². The van der Waals surface area contributed by atoms with E-state index in [4.69, 9.17) is 0 Å². The molecule has 158 valence electrons. The number of nitrogens with one attached hydrogen (secondary N) is 1. The molecule has 0 aliphatic carbocycles. The van der Waals surface area contributed by atoms with E-state index in [0.29, 0.717) is 12.6 Å². The van der Waals surface area contributed by atoms with Crippen molar-refractivity contribution in [1.29, 1.82) is 0 Å². The largest absolute Gasteiger partial charge is 0.388 e. The van der Waals surface area contributed by atoms with Gasteiger partial charge in [-0.15, -0.1) is 0 Å². The summed E-state index contributed by atoms with van der Waals surface area (Å²) in [6.07, 6.45) is 1.96. The molecule has 29 heavy (non-hydrogen) atoms. The van der Waals surface area contributed by atoms with Gasteiger partial charge in [0.2, 0.25) is 5.91 Å². The molecule has 0 spiro atoms. The molecule has 0 aromatic carbocycles. The Bertz CT molecular complexity index is 822. The highest BCUT2D eigenvalue weighted by molar-refractivity contribution is 7.08. The fourth-order valence-corrected chi connectivity index (χ4v) is 4.63. The van der Waals surface area contributed by atoms with Gasteiger partial charge >= 0.3 is 0 Å². The van der Waals surface area contributed by atoms with Crippen LogP contribution in [0.2, 0.25) is 0 Å². The Labute approximate surface area is 177 Å². The van der Waals surface area contributed by atoms with Crippen molar-refractivity contribution >= 4 is 22.9 Å². The first-order chi connectivity index (χ1) is 13.9. The second-order valence-electron chi connectivity index (χ2n) is 8.46. The number of hydrogen-bond acceptors (Lipinski definition) is 6. The van der Waals surface area contributed by atoms with E-state index < -0.39 is 0 Å². The van der Waals surface area contributed by atoms with Crippen molar-refractivity contribution in [1.82, 2.24) is 15.2 Å². The molecule has 0 unspecified atom stereocenters. The van der Waals surface area contributed by atoms with Crippen LogP contribution in [0, 0.1) is 0 Å². The van der Waals surface area contributed by atoms with Gasteiger partial charge in [-0.05, 0) is 24.4 Å². The maximum atomic E-state index is 13.1. The van der Waals surface area contributed by atoms with E-state index in [1.54, 1.807) is 25.6 Å². The zero-order valence-electron chi connectivity index (χ0n) is 18.1. The van der Waals surface area contributed by atoms with Gasteiger partial charge in [-0.2, -0.15) is 11.3 Å². The fourth-order valence-electron chi connectivity index (χ4n) is 3.98. The summed E-state index contributed by atoms with van der Waals surface area (Å²) in [7, 11) is 3.25. The number of carbonyl (C=O) groups excluding carboxylic acids is 1. The maximum Gasteiger partial charge on any atom is 0.241 e. The zero-order valence-corrected chi connectivity index (χ0v) is 18.9. The first-order valence-corrected chi connectivity index (χ1v) is 11.0. The zero-order chi connectivity index (χ0) is 21.0. The number of ether oxygens (including phenoxy) is 1. The van der Waals surface area contributed by atoms with E-state index in [-0.39, 0.29) is 11.3 Å². The van der Waals surface area contributed by atoms with Crippen LogP contribution >= 0.6 is 11.3 Å². The number of pyridine rings is 1. The molecule has 0 bridgehead atoms. The van der Waals surface area contributed by atoms with E-state index in [0.717, 1.165) is 43.1 Å². The Morgan fingerprint density at radius 3 is 2.83 bits per heavy atom. The Hall–Kier alpha value is -1.80. The van der Waals surface area contributed by atoms with Crippen LogP contribution in [0.15, 0.2) is 29.1 Å². The number of piperazine rings is 1. The van der Waals surface area contributed by atoms with Gasteiger partial charge in [-0.25, -0.2) is 0 Å². The number of fused-ring (bicyclic) bond motifs is 1. The molecule has 0 saturated carbocycles. The lowest BCUT2D eigenvalue weighted by molar-refractivity contribution is -0.120. The molecule has 4 heterocycles. The molecule has 1 amide bonds. The molecule has 2 aromatic heterocycles. The van der Waals surface area contributed by atoms with Gasteiger partial charge in [0, 0.05) is 74.6 Å². The molecule has 6 nitrogen and oxygen atoms in total. The average Bonchev–Trinajstić information content (AvgIpc) is 3.29. The summed E-state index contributed by atoms with van der Waals surface area (Å²) < 4.78 is 4.25. The summed E-state index contributed by atoms with van der Waals surface area (Å²) in [5.41, 5.74) is 4.18. The van der Waals surface area contributed by atoms with Crippen LogP contribution in [0.25, 0.3) is 11.3 Å². The first kappa shape index (κ1) is 21.9. The predicted molar refractivity (Wildman–Crippen MR) is 120 cm³/mol. The van der Waals surface area contributed by atoms with Gasteiger partial charge in [-0.3, -0.25) is 14.7 Å². The minimum absolute atomic E-state index is 0.0675. The average molecular weight is 417 g/mol. The highest BCUT2D eigenvalue weighted by atomic mass is 32.1. The molecule has 4 rings (SSSR count). The van der Waals surface area contributed by atoms with Gasteiger partial charge < -0.3 is 15.0 Å². The minimum Gasteiger partial charge on any atom is -0.388 e. The highest BCUT2D eigenvalue weighted by Crippen LogP contribution is 2.41.